The first kappa shape index (κ1) is 22.1. The second kappa shape index (κ2) is 10.4. The van der Waals surface area contributed by atoms with E-state index in [9.17, 15) is 9.59 Å². The van der Waals surface area contributed by atoms with E-state index in [0.717, 1.165) is 22.4 Å². The van der Waals surface area contributed by atoms with Crippen LogP contribution in [-0.4, -0.2) is 19.0 Å². The largest absolute Gasteiger partial charge is 0.496 e. The zero-order chi connectivity index (χ0) is 22.2. The van der Waals surface area contributed by atoms with Crippen molar-refractivity contribution in [3.8, 4) is 5.75 Å². The van der Waals surface area contributed by atoms with E-state index in [4.69, 9.17) is 9.47 Å². The number of anilines is 1. The Bertz CT molecular complexity index is 1050. The van der Waals surface area contributed by atoms with Crippen LogP contribution < -0.4 is 10.1 Å². The lowest BCUT2D eigenvalue weighted by atomic mass is 10.1. The van der Waals surface area contributed by atoms with Gasteiger partial charge in [-0.15, -0.1) is 0 Å². The Morgan fingerprint density at radius 2 is 1.65 bits per heavy atom. The Morgan fingerprint density at radius 1 is 0.935 bits per heavy atom. The van der Waals surface area contributed by atoms with Crippen molar-refractivity contribution in [2.24, 2.45) is 0 Å². The lowest BCUT2D eigenvalue weighted by Gasteiger charge is -2.19. The third-order valence-electron chi connectivity index (χ3n) is 5.03. The van der Waals surface area contributed by atoms with E-state index < -0.39 is 12.1 Å². The van der Waals surface area contributed by atoms with Gasteiger partial charge in [0, 0.05) is 17.7 Å². The summed E-state index contributed by atoms with van der Waals surface area (Å²) in [5.74, 6) is -0.107. The molecule has 5 heteroatoms. The van der Waals surface area contributed by atoms with Crippen LogP contribution in [0.25, 0.3) is 0 Å². The molecular weight excluding hydrogens is 390 g/mol. The van der Waals surface area contributed by atoms with E-state index >= 15 is 0 Å². The number of hydrogen-bond donors (Lipinski definition) is 1. The lowest BCUT2D eigenvalue weighted by Crippen LogP contribution is -2.26. The molecule has 0 aliphatic heterocycles. The summed E-state index contributed by atoms with van der Waals surface area (Å²) in [4.78, 5) is 25.7. The van der Waals surface area contributed by atoms with E-state index in [1.807, 2.05) is 74.5 Å². The molecule has 5 nitrogen and oxygen atoms in total. The molecule has 3 aromatic carbocycles. The molecule has 3 rings (SSSR count). The van der Waals surface area contributed by atoms with Gasteiger partial charge in [0.25, 0.3) is 5.91 Å². The average Bonchev–Trinajstić information content (AvgIpc) is 2.79. The van der Waals surface area contributed by atoms with Crippen molar-refractivity contribution in [2.75, 3.05) is 12.4 Å². The Morgan fingerprint density at radius 3 is 2.39 bits per heavy atom. The Balaban J connectivity index is 1.74. The molecule has 0 saturated carbocycles. The van der Waals surface area contributed by atoms with Crippen LogP contribution in [0.4, 0.5) is 5.69 Å². The number of rotatable bonds is 8. The highest BCUT2D eigenvalue weighted by molar-refractivity contribution is 5.96. The summed E-state index contributed by atoms with van der Waals surface area (Å²) >= 11 is 0. The number of ether oxygens (including phenoxy) is 2. The minimum absolute atomic E-state index is 0.139. The zero-order valence-electron chi connectivity index (χ0n) is 18.1. The molecule has 0 saturated heterocycles. The maximum atomic E-state index is 13.1. The quantitative estimate of drug-likeness (QED) is 0.514. The maximum absolute atomic E-state index is 13.1. The Labute approximate surface area is 183 Å². The SMILES string of the molecule is COc1ccccc1CCC(=O)O[C@@H](C(=O)Nc1cc(C)ccc1C)c1ccccc1. The van der Waals surface area contributed by atoms with Crippen LogP contribution in [0, 0.1) is 13.8 Å². The molecular formula is C26H27NO4. The fourth-order valence-electron chi connectivity index (χ4n) is 3.31. The van der Waals surface area contributed by atoms with E-state index in [1.165, 1.54) is 0 Å². The van der Waals surface area contributed by atoms with Gasteiger partial charge in [0.15, 0.2) is 0 Å². The summed E-state index contributed by atoms with van der Waals surface area (Å²) in [7, 11) is 1.60. The molecule has 0 heterocycles. The summed E-state index contributed by atoms with van der Waals surface area (Å²) in [6, 6.07) is 22.4. The van der Waals surface area contributed by atoms with Crippen molar-refractivity contribution in [1.29, 1.82) is 0 Å². The molecule has 0 unspecified atom stereocenters. The van der Waals surface area contributed by atoms with E-state index in [1.54, 1.807) is 19.2 Å². The molecule has 31 heavy (non-hydrogen) atoms. The zero-order valence-corrected chi connectivity index (χ0v) is 18.1. The molecule has 1 N–H and O–H groups in total. The van der Waals surface area contributed by atoms with Crippen molar-refractivity contribution in [1.82, 2.24) is 0 Å². The number of nitrogens with one attached hydrogen (secondary N) is 1. The van der Waals surface area contributed by atoms with Gasteiger partial charge in [0.05, 0.1) is 7.11 Å². The number of methoxy groups -OCH3 is 1. The van der Waals surface area contributed by atoms with Crippen molar-refractivity contribution in [3.05, 3.63) is 95.1 Å². The predicted molar refractivity (Wildman–Crippen MR) is 121 cm³/mol. The van der Waals surface area contributed by atoms with Gasteiger partial charge in [-0.05, 0) is 49.1 Å². The first-order chi connectivity index (χ1) is 15.0. The molecule has 0 bridgehead atoms. The molecule has 0 fully saturated rings. The molecule has 160 valence electrons. The number of para-hydroxylation sites is 1. The highest BCUT2D eigenvalue weighted by Crippen LogP contribution is 2.24. The second-order valence-corrected chi connectivity index (χ2v) is 7.40. The van der Waals surface area contributed by atoms with Crippen molar-refractivity contribution >= 4 is 17.6 Å². The van der Waals surface area contributed by atoms with Crippen LogP contribution in [0.2, 0.25) is 0 Å². The van der Waals surface area contributed by atoms with Gasteiger partial charge in [-0.2, -0.15) is 0 Å². The van der Waals surface area contributed by atoms with Gasteiger partial charge in [-0.25, -0.2) is 0 Å². The van der Waals surface area contributed by atoms with E-state index in [2.05, 4.69) is 5.32 Å². The molecule has 0 spiro atoms. The molecule has 0 radical (unpaired) electrons. The monoisotopic (exact) mass is 417 g/mol. The van der Waals surface area contributed by atoms with Gasteiger partial charge in [0.1, 0.15) is 5.75 Å². The normalized spacial score (nSPS) is 11.5. The molecule has 1 amide bonds. The first-order valence-electron chi connectivity index (χ1n) is 10.2. The minimum Gasteiger partial charge on any atom is -0.496 e. The van der Waals surface area contributed by atoms with E-state index in [0.29, 0.717) is 17.7 Å². The van der Waals surface area contributed by atoms with Crippen LogP contribution in [0.1, 0.15) is 34.8 Å². The van der Waals surface area contributed by atoms with Gasteiger partial charge >= 0.3 is 5.97 Å². The smallest absolute Gasteiger partial charge is 0.307 e. The average molecular weight is 418 g/mol. The lowest BCUT2D eigenvalue weighted by molar-refractivity contribution is -0.154. The molecule has 0 aromatic heterocycles. The Kier molecular flexibility index (Phi) is 7.44. The summed E-state index contributed by atoms with van der Waals surface area (Å²) in [6.45, 7) is 3.88. The standard InChI is InChI=1S/C26H27NO4/c1-18-13-14-19(2)22(17-18)27-26(29)25(21-10-5-4-6-11-21)31-24(28)16-15-20-9-7-8-12-23(20)30-3/h4-14,17,25H,15-16H2,1-3H3,(H,27,29)/t25-/m1/s1. The highest BCUT2D eigenvalue weighted by Gasteiger charge is 2.25. The minimum atomic E-state index is -1.04. The summed E-state index contributed by atoms with van der Waals surface area (Å²) < 4.78 is 11.0. The topological polar surface area (TPSA) is 64.6 Å². The number of aryl methyl sites for hydroxylation is 3. The second-order valence-electron chi connectivity index (χ2n) is 7.40. The number of carbonyl (C=O) groups excluding carboxylic acids is 2. The third kappa shape index (κ3) is 5.95. The maximum Gasteiger partial charge on any atom is 0.307 e. The first-order valence-corrected chi connectivity index (χ1v) is 10.2. The number of hydrogen-bond acceptors (Lipinski definition) is 4. The van der Waals surface area contributed by atoms with Crippen LogP contribution >= 0.6 is 0 Å². The number of esters is 1. The third-order valence-corrected chi connectivity index (χ3v) is 5.03. The summed E-state index contributed by atoms with van der Waals surface area (Å²) in [5.41, 5.74) is 4.21. The molecule has 0 aliphatic carbocycles. The predicted octanol–water partition coefficient (Wildman–Crippen LogP) is 5.17. The number of carbonyl (C=O) groups is 2. The summed E-state index contributed by atoms with van der Waals surface area (Å²) in [5, 5.41) is 2.91. The Hall–Kier alpha value is -3.60. The fourth-order valence-corrected chi connectivity index (χ4v) is 3.31. The van der Waals surface area contributed by atoms with Gasteiger partial charge < -0.3 is 14.8 Å². The molecule has 3 aromatic rings. The molecule has 1 atom stereocenters. The fraction of sp³-hybridized carbons (Fsp3) is 0.231. The molecule has 0 aliphatic rings. The number of amides is 1. The van der Waals surface area contributed by atoms with E-state index in [-0.39, 0.29) is 12.3 Å². The van der Waals surface area contributed by atoms with Crippen LogP contribution in [0.15, 0.2) is 72.8 Å². The van der Waals surface area contributed by atoms with Crippen molar-refractivity contribution in [2.45, 2.75) is 32.8 Å². The highest BCUT2D eigenvalue weighted by atomic mass is 16.5. The van der Waals surface area contributed by atoms with Gasteiger partial charge in [-0.3, -0.25) is 9.59 Å². The van der Waals surface area contributed by atoms with Crippen molar-refractivity contribution in [3.63, 3.8) is 0 Å². The van der Waals surface area contributed by atoms with Gasteiger partial charge in [-0.1, -0.05) is 60.7 Å². The summed E-state index contributed by atoms with van der Waals surface area (Å²) in [6.07, 6.45) is -0.435. The van der Waals surface area contributed by atoms with Crippen molar-refractivity contribution < 1.29 is 19.1 Å². The van der Waals surface area contributed by atoms with Crippen LogP contribution in [0.5, 0.6) is 5.75 Å². The van der Waals surface area contributed by atoms with Crippen LogP contribution in [0.3, 0.4) is 0 Å². The number of benzene rings is 3. The van der Waals surface area contributed by atoms with Gasteiger partial charge in [0.2, 0.25) is 6.10 Å². The van der Waals surface area contributed by atoms with Crippen LogP contribution in [-0.2, 0) is 20.7 Å².